The third-order valence-electron chi connectivity index (χ3n) is 4.58. The molecular formula is C22H21N3O3. The summed E-state index contributed by atoms with van der Waals surface area (Å²) in [5, 5.41) is 6.23. The third-order valence-corrected chi connectivity index (χ3v) is 4.58. The predicted molar refractivity (Wildman–Crippen MR) is 108 cm³/mol. The fourth-order valence-corrected chi connectivity index (χ4v) is 3.02. The number of hydrogen-bond donors (Lipinski definition) is 2. The molecule has 4 rings (SSSR count). The number of rotatable bonds is 6. The van der Waals surface area contributed by atoms with Crippen molar-refractivity contribution in [1.82, 2.24) is 4.98 Å². The number of amides is 1. The van der Waals surface area contributed by atoms with Gasteiger partial charge in [-0.1, -0.05) is 31.2 Å². The van der Waals surface area contributed by atoms with Gasteiger partial charge in [0.1, 0.15) is 5.69 Å². The van der Waals surface area contributed by atoms with Crippen molar-refractivity contribution in [2.24, 2.45) is 0 Å². The Bertz CT molecular complexity index is 987. The minimum Gasteiger partial charge on any atom is -0.454 e. The van der Waals surface area contributed by atoms with Gasteiger partial charge in [0.2, 0.25) is 6.79 Å². The largest absolute Gasteiger partial charge is 0.454 e. The van der Waals surface area contributed by atoms with E-state index in [-0.39, 0.29) is 12.7 Å². The van der Waals surface area contributed by atoms with Crippen molar-refractivity contribution in [2.45, 2.75) is 19.9 Å². The van der Waals surface area contributed by atoms with Crippen LogP contribution in [-0.2, 0) is 13.0 Å². The number of ether oxygens (including phenoxy) is 2. The number of aryl methyl sites for hydroxylation is 1. The maximum Gasteiger partial charge on any atom is 0.274 e. The number of carbonyl (C=O) groups is 1. The second-order valence-corrected chi connectivity index (χ2v) is 6.44. The first-order valence-electron chi connectivity index (χ1n) is 9.20. The van der Waals surface area contributed by atoms with Gasteiger partial charge in [-0.2, -0.15) is 0 Å². The molecule has 0 bridgehead atoms. The molecule has 6 nitrogen and oxygen atoms in total. The first-order valence-corrected chi connectivity index (χ1v) is 9.20. The first kappa shape index (κ1) is 17.9. The van der Waals surface area contributed by atoms with Gasteiger partial charge in [0.25, 0.3) is 5.91 Å². The highest BCUT2D eigenvalue weighted by Gasteiger charge is 2.13. The highest BCUT2D eigenvalue weighted by molar-refractivity contribution is 6.03. The van der Waals surface area contributed by atoms with Crippen molar-refractivity contribution < 1.29 is 14.3 Å². The van der Waals surface area contributed by atoms with Crippen LogP contribution in [0.3, 0.4) is 0 Å². The Morgan fingerprint density at radius 3 is 2.75 bits per heavy atom. The second kappa shape index (κ2) is 8.00. The average Bonchev–Trinajstić information content (AvgIpc) is 3.21. The van der Waals surface area contributed by atoms with Crippen LogP contribution in [0.25, 0.3) is 0 Å². The van der Waals surface area contributed by atoms with Crippen LogP contribution in [0.4, 0.5) is 11.4 Å². The molecule has 1 aromatic heterocycles. The van der Waals surface area contributed by atoms with Gasteiger partial charge >= 0.3 is 0 Å². The summed E-state index contributed by atoms with van der Waals surface area (Å²) < 4.78 is 10.7. The first-order chi connectivity index (χ1) is 13.7. The van der Waals surface area contributed by atoms with Gasteiger partial charge in [-0.05, 0) is 47.9 Å². The van der Waals surface area contributed by atoms with Gasteiger partial charge in [0, 0.05) is 12.2 Å². The van der Waals surface area contributed by atoms with Crippen molar-refractivity contribution in [1.29, 1.82) is 0 Å². The van der Waals surface area contributed by atoms with E-state index < -0.39 is 0 Å². The molecule has 0 aliphatic carbocycles. The Morgan fingerprint density at radius 1 is 1.07 bits per heavy atom. The van der Waals surface area contributed by atoms with E-state index in [0.717, 1.165) is 40.4 Å². The SMILES string of the molecule is CCc1ccccc1NC(=O)c1ccc(NCc2ccc3c(c2)OCO3)cn1. The van der Waals surface area contributed by atoms with Crippen LogP contribution in [0.1, 0.15) is 28.5 Å². The van der Waals surface area contributed by atoms with E-state index in [2.05, 4.69) is 22.5 Å². The molecule has 3 aromatic rings. The summed E-state index contributed by atoms with van der Waals surface area (Å²) in [6.45, 7) is 2.94. The summed E-state index contributed by atoms with van der Waals surface area (Å²) in [7, 11) is 0. The van der Waals surface area contributed by atoms with Crippen LogP contribution < -0.4 is 20.1 Å². The lowest BCUT2D eigenvalue weighted by atomic mass is 10.1. The van der Waals surface area contributed by atoms with E-state index in [4.69, 9.17) is 9.47 Å². The van der Waals surface area contributed by atoms with Gasteiger partial charge in [0.05, 0.1) is 11.9 Å². The molecule has 0 radical (unpaired) electrons. The van der Waals surface area contributed by atoms with Gasteiger partial charge in [-0.15, -0.1) is 0 Å². The minimum absolute atomic E-state index is 0.219. The number of aromatic nitrogens is 1. The summed E-state index contributed by atoms with van der Waals surface area (Å²) >= 11 is 0. The highest BCUT2D eigenvalue weighted by Crippen LogP contribution is 2.32. The third kappa shape index (κ3) is 3.91. The van der Waals surface area contributed by atoms with E-state index in [9.17, 15) is 4.79 Å². The van der Waals surface area contributed by atoms with Gasteiger partial charge < -0.3 is 20.1 Å². The van der Waals surface area contributed by atoms with Crippen LogP contribution in [0, 0.1) is 0 Å². The molecule has 0 atom stereocenters. The number of pyridine rings is 1. The summed E-state index contributed by atoms with van der Waals surface area (Å²) in [4.78, 5) is 16.7. The Labute approximate surface area is 163 Å². The number of para-hydroxylation sites is 1. The molecule has 1 amide bonds. The molecule has 1 aliphatic heterocycles. The number of benzene rings is 2. The number of hydrogen-bond acceptors (Lipinski definition) is 5. The summed E-state index contributed by atoms with van der Waals surface area (Å²) in [6, 6.07) is 17.2. The molecular weight excluding hydrogens is 354 g/mol. The van der Waals surface area contributed by atoms with Crippen LogP contribution in [0.5, 0.6) is 11.5 Å². The van der Waals surface area contributed by atoms with Gasteiger partial charge in [-0.3, -0.25) is 4.79 Å². The Kier molecular flexibility index (Phi) is 5.10. The fraction of sp³-hybridized carbons (Fsp3) is 0.182. The molecule has 6 heteroatoms. The second-order valence-electron chi connectivity index (χ2n) is 6.44. The van der Waals surface area contributed by atoms with Crippen LogP contribution in [0.2, 0.25) is 0 Å². The monoisotopic (exact) mass is 375 g/mol. The van der Waals surface area contributed by atoms with Crippen molar-refractivity contribution >= 4 is 17.3 Å². The number of carbonyl (C=O) groups excluding carboxylic acids is 1. The summed E-state index contributed by atoms with van der Waals surface area (Å²) in [5.41, 5.74) is 4.20. The lowest BCUT2D eigenvalue weighted by molar-refractivity contribution is 0.102. The van der Waals surface area contributed by atoms with E-state index >= 15 is 0 Å². The normalized spacial score (nSPS) is 11.9. The molecule has 2 heterocycles. The number of anilines is 2. The van der Waals surface area contributed by atoms with Crippen LogP contribution in [0.15, 0.2) is 60.8 Å². The summed E-state index contributed by atoms with van der Waals surface area (Å²) in [5.74, 6) is 1.31. The molecule has 0 saturated heterocycles. The fourth-order valence-electron chi connectivity index (χ4n) is 3.02. The van der Waals surface area contributed by atoms with Crippen molar-refractivity contribution in [3.63, 3.8) is 0 Å². The lowest BCUT2D eigenvalue weighted by Crippen LogP contribution is -2.14. The molecule has 2 aromatic carbocycles. The molecule has 142 valence electrons. The van der Waals surface area contributed by atoms with Crippen molar-refractivity contribution in [3.05, 3.63) is 77.6 Å². The van der Waals surface area contributed by atoms with Crippen LogP contribution >= 0.6 is 0 Å². The number of nitrogens with zero attached hydrogens (tertiary/aromatic N) is 1. The standard InChI is InChI=1S/C22H21N3O3/c1-2-16-5-3-4-6-18(16)25-22(26)19-9-8-17(13-24-19)23-12-15-7-10-20-21(11-15)28-14-27-20/h3-11,13,23H,2,12,14H2,1H3,(H,25,26). The number of fused-ring (bicyclic) bond motifs is 1. The van der Waals surface area contributed by atoms with E-state index in [0.29, 0.717) is 12.2 Å². The molecule has 0 fully saturated rings. The molecule has 1 aliphatic rings. The minimum atomic E-state index is -0.219. The van der Waals surface area contributed by atoms with Crippen molar-refractivity contribution in [3.8, 4) is 11.5 Å². The molecule has 0 spiro atoms. The Hall–Kier alpha value is -3.54. The molecule has 2 N–H and O–H groups in total. The zero-order valence-electron chi connectivity index (χ0n) is 15.6. The van der Waals surface area contributed by atoms with Crippen molar-refractivity contribution in [2.75, 3.05) is 17.4 Å². The highest BCUT2D eigenvalue weighted by atomic mass is 16.7. The van der Waals surface area contributed by atoms with Gasteiger partial charge in [-0.25, -0.2) is 4.98 Å². The zero-order chi connectivity index (χ0) is 19.3. The molecule has 0 unspecified atom stereocenters. The maximum atomic E-state index is 12.5. The average molecular weight is 375 g/mol. The molecule has 28 heavy (non-hydrogen) atoms. The van der Waals surface area contributed by atoms with E-state index in [1.165, 1.54) is 0 Å². The Morgan fingerprint density at radius 2 is 1.93 bits per heavy atom. The smallest absolute Gasteiger partial charge is 0.274 e. The topological polar surface area (TPSA) is 72.5 Å². The van der Waals surface area contributed by atoms with E-state index in [1.54, 1.807) is 12.3 Å². The zero-order valence-corrected chi connectivity index (χ0v) is 15.6. The lowest BCUT2D eigenvalue weighted by Gasteiger charge is -2.10. The van der Waals surface area contributed by atoms with Gasteiger partial charge in [0.15, 0.2) is 11.5 Å². The predicted octanol–water partition coefficient (Wildman–Crippen LogP) is 4.24. The maximum absolute atomic E-state index is 12.5. The molecule has 0 saturated carbocycles. The summed E-state index contributed by atoms with van der Waals surface area (Å²) in [6.07, 6.45) is 2.51. The quantitative estimate of drug-likeness (QED) is 0.674. The van der Waals surface area contributed by atoms with E-state index in [1.807, 2.05) is 48.5 Å². The Balaban J connectivity index is 1.37. The number of nitrogens with one attached hydrogen (secondary N) is 2. The van der Waals surface area contributed by atoms with Crippen LogP contribution in [-0.4, -0.2) is 17.7 Å².